The van der Waals surface area contributed by atoms with Crippen molar-refractivity contribution < 1.29 is 4.74 Å². The molecule has 2 N–H and O–H groups in total. The van der Waals surface area contributed by atoms with Gasteiger partial charge in [0.25, 0.3) is 0 Å². The maximum atomic E-state index is 6.88. The van der Waals surface area contributed by atoms with Gasteiger partial charge in [-0.1, -0.05) is 60.7 Å². The van der Waals surface area contributed by atoms with E-state index in [1.807, 2.05) is 0 Å². The Morgan fingerprint density at radius 1 is 0.844 bits per heavy atom. The number of rotatable bonds is 2. The molecule has 32 heavy (non-hydrogen) atoms. The number of fused-ring (bicyclic) bond motifs is 2. The summed E-state index contributed by atoms with van der Waals surface area (Å²) in [7, 11) is 0. The lowest BCUT2D eigenvalue weighted by Gasteiger charge is -2.36. The van der Waals surface area contributed by atoms with Crippen LogP contribution in [0.4, 0.5) is 5.69 Å². The zero-order valence-corrected chi connectivity index (χ0v) is 18.3. The molecule has 0 saturated heterocycles. The Labute approximate surface area is 189 Å². The van der Waals surface area contributed by atoms with Gasteiger partial charge < -0.3 is 10.5 Å². The minimum absolute atomic E-state index is 0.106. The SMILES string of the molecule is Nc1c2c(nc3c1C(c1ccccc1)C1=C(O3)/C(=C/c3ccccc3)CCC1)CCCC2. The Kier molecular flexibility index (Phi) is 4.83. The second-order valence-corrected chi connectivity index (χ2v) is 9.11. The fourth-order valence-electron chi connectivity index (χ4n) is 5.60. The van der Waals surface area contributed by atoms with E-state index in [0.29, 0.717) is 0 Å². The number of allylic oxidation sites excluding steroid dienone is 2. The van der Waals surface area contributed by atoms with Crippen molar-refractivity contribution in [2.45, 2.75) is 50.9 Å². The summed E-state index contributed by atoms with van der Waals surface area (Å²) in [4.78, 5) is 5.06. The first-order valence-corrected chi connectivity index (χ1v) is 11.8. The molecule has 2 heterocycles. The summed E-state index contributed by atoms with van der Waals surface area (Å²) in [6, 6.07) is 21.3. The molecule has 0 spiro atoms. The first-order valence-electron chi connectivity index (χ1n) is 11.8. The molecule has 1 atom stereocenters. The van der Waals surface area contributed by atoms with Crippen LogP contribution in [0.2, 0.25) is 0 Å². The smallest absolute Gasteiger partial charge is 0.225 e. The number of pyridine rings is 1. The van der Waals surface area contributed by atoms with Crippen molar-refractivity contribution in [1.82, 2.24) is 4.98 Å². The summed E-state index contributed by atoms with van der Waals surface area (Å²) in [6.45, 7) is 0. The van der Waals surface area contributed by atoms with E-state index >= 15 is 0 Å². The molecule has 1 aromatic heterocycles. The van der Waals surface area contributed by atoms with Crippen LogP contribution in [0, 0.1) is 0 Å². The lowest BCUT2D eigenvalue weighted by Crippen LogP contribution is -2.25. The van der Waals surface area contributed by atoms with E-state index in [9.17, 15) is 0 Å². The van der Waals surface area contributed by atoms with Crippen LogP contribution < -0.4 is 10.5 Å². The monoisotopic (exact) mass is 420 g/mol. The third kappa shape index (κ3) is 3.24. The maximum absolute atomic E-state index is 6.88. The molecule has 6 rings (SSSR count). The lowest BCUT2D eigenvalue weighted by atomic mass is 9.75. The fourth-order valence-corrected chi connectivity index (χ4v) is 5.60. The van der Waals surface area contributed by atoms with Crippen LogP contribution in [0.25, 0.3) is 6.08 Å². The number of hydrogen-bond donors (Lipinski definition) is 1. The summed E-state index contributed by atoms with van der Waals surface area (Å²) in [5.74, 6) is 1.84. The molecule has 1 unspecified atom stereocenters. The van der Waals surface area contributed by atoms with Crippen LogP contribution in [0.1, 0.15) is 66.0 Å². The third-order valence-corrected chi connectivity index (χ3v) is 7.11. The molecule has 2 aromatic carbocycles. The number of nitrogen functional groups attached to an aromatic ring is 1. The molecule has 0 radical (unpaired) electrons. The molecule has 0 fully saturated rings. The normalized spacial score (nSPS) is 20.9. The molecule has 0 bridgehead atoms. The standard InChI is InChI=1S/C29H28N2O/c30-27-22-15-7-8-17-24(22)31-29-26(27)25(20-12-5-2-6-13-20)23-16-9-14-21(28(23)32-29)18-19-10-3-1-4-11-19/h1-6,10-13,18,25H,7-9,14-17H2,(H2,30,31)/b21-18+. The van der Waals surface area contributed by atoms with Gasteiger partial charge in [-0.25, -0.2) is 4.98 Å². The van der Waals surface area contributed by atoms with Gasteiger partial charge in [0, 0.05) is 22.9 Å². The van der Waals surface area contributed by atoms with Crippen LogP contribution in [0.5, 0.6) is 5.88 Å². The van der Waals surface area contributed by atoms with Crippen molar-refractivity contribution in [2.24, 2.45) is 0 Å². The molecule has 3 aromatic rings. The Bertz CT molecular complexity index is 1230. The highest BCUT2D eigenvalue weighted by atomic mass is 16.5. The van der Waals surface area contributed by atoms with Gasteiger partial charge in [-0.05, 0) is 78.9 Å². The summed E-state index contributed by atoms with van der Waals surface area (Å²) in [5, 5.41) is 0. The van der Waals surface area contributed by atoms with Gasteiger partial charge in [0.05, 0.1) is 0 Å². The van der Waals surface area contributed by atoms with Crippen LogP contribution in [-0.4, -0.2) is 4.98 Å². The average Bonchev–Trinajstić information content (AvgIpc) is 2.84. The van der Waals surface area contributed by atoms with Crippen molar-refractivity contribution >= 4 is 11.8 Å². The van der Waals surface area contributed by atoms with Crippen molar-refractivity contribution in [3.8, 4) is 5.88 Å². The Morgan fingerprint density at radius 3 is 2.41 bits per heavy atom. The fraction of sp³-hybridized carbons (Fsp3) is 0.276. The number of nitrogens with zero attached hydrogens (tertiary/aromatic N) is 1. The van der Waals surface area contributed by atoms with Crippen LogP contribution in [0.15, 0.2) is 77.6 Å². The highest BCUT2D eigenvalue weighted by Gasteiger charge is 2.38. The zero-order valence-electron chi connectivity index (χ0n) is 18.3. The Balaban J connectivity index is 1.56. The number of anilines is 1. The number of nitrogens with two attached hydrogens (primary N) is 1. The molecular weight excluding hydrogens is 392 g/mol. The van der Waals surface area contributed by atoms with E-state index < -0.39 is 0 Å². The molecule has 3 nitrogen and oxygen atoms in total. The zero-order chi connectivity index (χ0) is 21.5. The summed E-state index contributed by atoms with van der Waals surface area (Å²) in [6.07, 6.45) is 9.82. The maximum Gasteiger partial charge on any atom is 0.225 e. The van der Waals surface area contributed by atoms with Gasteiger partial charge in [-0.3, -0.25) is 0 Å². The Morgan fingerprint density at radius 2 is 1.59 bits per heavy atom. The molecule has 0 saturated carbocycles. The number of ether oxygens (including phenoxy) is 1. The number of hydrogen-bond acceptors (Lipinski definition) is 3. The number of aryl methyl sites for hydroxylation is 1. The first kappa shape index (κ1) is 19.4. The quantitative estimate of drug-likeness (QED) is 0.509. The van der Waals surface area contributed by atoms with Gasteiger partial charge in [0.1, 0.15) is 5.76 Å². The van der Waals surface area contributed by atoms with E-state index in [-0.39, 0.29) is 5.92 Å². The van der Waals surface area contributed by atoms with Crippen molar-refractivity contribution in [1.29, 1.82) is 0 Å². The molecule has 0 amide bonds. The van der Waals surface area contributed by atoms with Gasteiger partial charge in [0.2, 0.25) is 5.88 Å². The third-order valence-electron chi connectivity index (χ3n) is 7.11. The highest BCUT2D eigenvalue weighted by Crippen LogP contribution is 2.51. The van der Waals surface area contributed by atoms with E-state index in [0.717, 1.165) is 60.7 Å². The van der Waals surface area contributed by atoms with Gasteiger partial charge in [0.15, 0.2) is 0 Å². The predicted octanol–water partition coefficient (Wildman–Crippen LogP) is 6.59. The van der Waals surface area contributed by atoms with Gasteiger partial charge in [-0.2, -0.15) is 0 Å². The minimum atomic E-state index is 0.106. The van der Waals surface area contributed by atoms with Crippen LogP contribution in [-0.2, 0) is 12.8 Å². The molecule has 2 aliphatic carbocycles. The van der Waals surface area contributed by atoms with Crippen molar-refractivity contribution in [2.75, 3.05) is 5.73 Å². The largest absolute Gasteiger partial charge is 0.438 e. The predicted molar refractivity (Wildman–Crippen MR) is 130 cm³/mol. The molecule has 1 aliphatic heterocycles. The summed E-state index contributed by atoms with van der Waals surface area (Å²) < 4.78 is 6.64. The summed E-state index contributed by atoms with van der Waals surface area (Å²) >= 11 is 0. The van der Waals surface area contributed by atoms with Crippen LogP contribution in [0.3, 0.4) is 0 Å². The van der Waals surface area contributed by atoms with E-state index in [4.69, 9.17) is 15.5 Å². The average molecular weight is 421 g/mol. The van der Waals surface area contributed by atoms with Crippen molar-refractivity contribution in [3.05, 3.63) is 106 Å². The van der Waals surface area contributed by atoms with Crippen LogP contribution >= 0.6 is 0 Å². The molecule has 160 valence electrons. The Hall–Kier alpha value is -3.33. The highest BCUT2D eigenvalue weighted by molar-refractivity contribution is 5.69. The first-order chi connectivity index (χ1) is 15.8. The van der Waals surface area contributed by atoms with E-state index in [1.54, 1.807) is 0 Å². The lowest BCUT2D eigenvalue weighted by molar-refractivity contribution is 0.370. The van der Waals surface area contributed by atoms with E-state index in [2.05, 4.69) is 66.7 Å². The van der Waals surface area contributed by atoms with Gasteiger partial charge >= 0.3 is 0 Å². The molecule has 3 aliphatic rings. The van der Waals surface area contributed by atoms with E-state index in [1.165, 1.54) is 40.7 Å². The molecular formula is C29H28N2O. The second-order valence-electron chi connectivity index (χ2n) is 9.11. The second kappa shape index (κ2) is 7.98. The number of benzene rings is 2. The summed E-state index contributed by atoms with van der Waals surface area (Å²) in [5.41, 5.74) is 16.3. The van der Waals surface area contributed by atoms with Crippen molar-refractivity contribution in [3.63, 3.8) is 0 Å². The molecule has 3 heteroatoms. The topological polar surface area (TPSA) is 48.1 Å². The minimum Gasteiger partial charge on any atom is -0.438 e. The number of aromatic nitrogens is 1. The van der Waals surface area contributed by atoms with Gasteiger partial charge in [-0.15, -0.1) is 0 Å².